The van der Waals surface area contributed by atoms with Crippen LogP contribution < -0.4 is 0 Å². The average Bonchev–Trinajstić information content (AvgIpc) is 2.52. The molecule has 0 N–H and O–H groups in total. The molecule has 2 fully saturated rings. The predicted molar refractivity (Wildman–Crippen MR) is 105 cm³/mol. The van der Waals surface area contributed by atoms with Crippen LogP contribution in [-0.2, 0) is 4.74 Å². The molecule has 0 aromatic carbocycles. The van der Waals surface area contributed by atoms with E-state index >= 15 is 0 Å². The van der Waals surface area contributed by atoms with Crippen molar-refractivity contribution in [3.05, 3.63) is 0 Å². The molecule has 0 aliphatic heterocycles. The van der Waals surface area contributed by atoms with E-state index in [0.717, 1.165) is 30.8 Å². The Morgan fingerprint density at radius 1 is 0.870 bits per heavy atom. The minimum absolute atomic E-state index is 0.458. The first-order chi connectivity index (χ1) is 11.0. The largest absolute Gasteiger partial charge is 0.378 e. The fraction of sp³-hybridized carbons (Fsp3) is 1.00. The highest BCUT2D eigenvalue weighted by atomic mass is 35.8. The quantitative estimate of drug-likeness (QED) is 0.238. The molecule has 1 nitrogen and oxygen atoms in total. The fourth-order valence-electron chi connectivity index (χ4n) is 4.61. The Bertz CT molecular complexity index is 319. The molecular formula is C18H33Cl3OSi. The van der Waals surface area contributed by atoms with E-state index in [0.29, 0.717) is 12.1 Å². The van der Waals surface area contributed by atoms with Crippen LogP contribution in [0, 0.1) is 17.8 Å². The molecule has 23 heavy (non-hydrogen) atoms. The standard InChI is InChI=1S/C18H33Cl3OSi/c1-2-4-15-5-7-16(8-6-15)17-9-11-18(12-10-17)22-13-3-14-23(19,20)21/h15-18H,2-14H2,1H3. The van der Waals surface area contributed by atoms with Crippen LogP contribution in [0.4, 0.5) is 0 Å². The van der Waals surface area contributed by atoms with Gasteiger partial charge in [0.2, 0.25) is 0 Å². The van der Waals surface area contributed by atoms with Gasteiger partial charge in [-0.15, -0.1) is 33.2 Å². The van der Waals surface area contributed by atoms with Crippen LogP contribution in [0.25, 0.3) is 0 Å². The summed E-state index contributed by atoms with van der Waals surface area (Å²) >= 11 is 17.7. The van der Waals surface area contributed by atoms with E-state index < -0.39 is 6.00 Å². The van der Waals surface area contributed by atoms with Gasteiger partial charge in [0.25, 0.3) is 0 Å². The Kier molecular flexibility index (Phi) is 9.08. The summed E-state index contributed by atoms with van der Waals surface area (Å²) in [6.07, 6.45) is 15.3. The molecule has 2 aliphatic rings. The van der Waals surface area contributed by atoms with Crippen LogP contribution in [0.5, 0.6) is 0 Å². The molecule has 0 atom stereocenters. The highest BCUT2D eigenvalue weighted by Crippen LogP contribution is 2.41. The number of halogens is 3. The van der Waals surface area contributed by atoms with Gasteiger partial charge in [0.05, 0.1) is 6.10 Å². The summed E-state index contributed by atoms with van der Waals surface area (Å²) in [6, 6.07) is -1.74. The summed E-state index contributed by atoms with van der Waals surface area (Å²) in [5, 5.41) is 0. The van der Waals surface area contributed by atoms with E-state index in [-0.39, 0.29) is 0 Å². The van der Waals surface area contributed by atoms with E-state index in [1.807, 2.05) is 0 Å². The monoisotopic (exact) mass is 398 g/mol. The van der Waals surface area contributed by atoms with Crippen LogP contribution in [0.3, 0.4) is 0 Å². The lowest BCUT2D eigenvalue weighted by Gasteiger charge is -2.37. The molecule has 0 bridgehead atoms. The van der Waals surface area contributed by atoms with Gasteiger partial charge in [0.15, 0.2) is 0 Å². The zero-order valence-electron chi connectivity index (χ0n) is 14.5. The fourth-order valence-corrected chi connectivity index (χ4v) is 6.35. The second kappa shape index (κ2) is 10.3. The molecule has 0 saturated heterocycles. The average molecular weight is 400 g/mol. The third kappa shape index (κ3) is 7.86. The summed E-state index contributed by atoms with van der Waals surface area (Å²) in [5.41, 5.74) is 0. The minimum Gasteiger partial charge on any atom is -0.378 e. The Morgan fingerprint density at radius 2 is 1.43 bits per heavy atom. The van der Waals surface area contributed by atoms with Crippen molar-refractivity contribution in [2.75, 3.05) is 6.61 Å². The lowest BCUT2D eigenvalue weighted by atomic mass is 9.70. The van der Waals surface area contributed by atoms with E-state index in [1.165, 1.54) is 64.2 Å². The summed E-state index contributed by atoms with van der Waals surface area (Å²) < 4.78 is 6.01. The maximum atomic E-state index is 6.01. The number of rotatable bonds is 8. The maximum Gasteiger partial charge on any atom is 0.341 e. The van der Waals surface area contributed by atoms with Gasteiger partial charge in [-0.1, -0.05) is 32.6 Å². The molecule has 0 spiro atoms. The van der Waals surface area contributed by atoms with E-state index in [4.69, 9.17) is 38.0 Å². The van der Waals surface area contributed by atoms with Gasteiger partial charge in [0.1, 0.15) is 0 Å². The van der Waals surface area contributed by atoms with Crippen LogP contribution >= 0.6 is 33.2 Å². The van der Waals surface area contributed by atoms with Gasteiger partial charge < -0.3 is 4.74 Å². The van der Waals surface area contributed by atoms with Crippen LogP contribution in [0.15, 0.2) is 0 Å². The Hall–Kier alpha value is 1.05. The zero-order chi connectivity index (χ0) is 16.7. The van der Waals surface area contributed by atoms with Crippen molar-refractivity contribution in [2.45, 2.75) is 89.7 Å². The highest BCUT2D eigenvalue weighted by molar-refractivity contribution is 7.64. The van der Waals surface area contributed by atoms with Gasteiger partial charge in [-0.05, 0) is 68.7 Å². The minimum atomic E-state index is -2.45. The Labute approximate surface area is 157 Å². The maximum absolute atomic E-state index is 6.01. The number of hydrogen-bond acceptors (Lipinski definition) is 1. The van der Waals surface area contributed by atoms with Crippen molar-refractivity contribution in [3.63, 3.8) is 0 Å². The lowest BCUT2D eigenvalue weighted by Crippen LogP contribution is -2.29. The normalized spacial score (nSPS) is 32.9. The van der Waals surface area contributed by atoms with Gasteiger partial charge in [-0.2, -0.15) is 0 Å². The lowest BCUT2D eigenvalue weighted by molar-refractivity contribution is 0.00728. The first-order valence-electron chi connectivity index (χ1n) is 9.66. The molecular weight excluding hydrogens is 367 g/mol. The molecule has 0 heterocycles. The molecule has 5 heteroatoms. The Balaban J connectivity index is 1.57. The second-order valence-electron chi connectivity index (χ2n) is 7.70. The van der Waals surface area contributed by atoms with E-state index in [2.05, 4.69) is 6.92 Å². The highest BCUT2D eigenvalue weighted by Gasteiger charge is 2.31. The summed E-state index contributed by atoms with van der Waals surface area (Å²) in [4.78, 5) is 0. The number of hydrogen-bond donors (Lipinski definition) is 0. The van der Waals surface area contributed by atoms with Gasteiger partial charge in [-0.3, -0.25) is 0 Å². The van der Waals surface area contributed by atoms with Crippen molar-refractivity contribution >= 4 is 39.2 Å². The first kappa shape index (κ1) is 20.4. The van der Waals surface area contributed by atoms with Crippen LogP contribution in [0.1, 0.15) is 77.6 Å². The second-order valence-corrected chi connectivity index (χ2v) is 17.0. The SMILES string of the molecule is CCCC1CCC(C2CCC(OCCC[Si](Cl)(Cl)Cl)CC2)CC1. The van der Waals surface area contributed by atoms with E-state index in [1.54, 1.807) is 0 Å². The summed E-state index contributed by atoms with van der Waals surface area (Å²) in [7, 11) is 0. The van der Waals surface area contributed by atoms with Crippen molar-refractivity contribution in [1.29, 1.82) is 0 Å². The molecule has 0 aromatic rings. The van der Waals surface area contributed by atoms with Crippen molar-refractivity contribution in [3.8, 4) is 0 Å². The molecule has 0 amide bonds. The first-order valence-corrected chi connectivity index (χ1v) is 14.9. The summed E-state index contributed by atoms with van der Waals surface area (Å²) in [5.74, 6) is 2.99. The van der Waals surface area contributed by atoms with Crippen LogP contribution in [0.2, 0.25) is 6.04 Å². The van der Waals surface area contributed by atoms with Gasteiger partial charge >= 0.3 is 6.00 Å². The molecule has 0 radical (unpaired) electrons. The van der Waals surface area contributed by atoms with Crippen molar-refractivity contribution < 1.29 is 4.74 Å². The third-order valence-corrected chi connectivity index (χ3v) is 8.55. The zero-order valence-corrected chi connectivity index (χ0v) is 17.8. The van der Waals surface area contributed by atoms with Crippen molar-refractivity contribution in [1.82, 2.24) is 0 Å². The Morgan fingerprint density at radius 3 is 1.96 bits per heavy atom. The molecule has 136 valence electrons. The molecule has 2 saturated carbocycles. The predicted octanol–water partition coefficient (Wildman–Crippen LogP) is 7.21. The van der Waals surface area contributed by atoms with Gasteiger partial charge in [-0.25, -0.2) is 0 Å². The van der Waals surface area contributed by atoms with E-state index in [9.17, 15) is 0 Å². The molecule has 2 rings (SSSR count). The van der Waals surface area contributed by atoms with Crippen molar-refractivity contribution in [2.24, 2.45) is 17.8 Å². The van der Waals surface area contributed by atoms with Crippen LogP contribution in [-0.4, -0.2) is 18.7 Å². The molecule has 2 aliphatic carbocycles. The van der Waals surface area contributed by atoms with Gasteiger partial charge in [0, 0.05) is 6.61 Å². The molecule has 0 unspecified atom stereocenters. The topological polar surface area (TPSA) is 9.23 Å². The summed E-state index contributed by atoms with van der Waals surface area (Å²) in [6.45, 7) is 3.08. The molecule has 0 aromatic heterocycles. The smallest absolute Gasteiger partial charge is 0.341 e. The number of ether oxygens (including phenoxy) is 1. The third-order valence-electron chi connectivity index (χ3n) is 5.93.